The molecule has 0 aliphatic carbocycles. The third-order valence-corrected chi connectivity index (χ3v) is 2.77. The van der Waals surface area contributed by atoms with Gasteiger partial charge in [0.15, 0.2) is 11.6 Å². The first kappa shape index (κ1) is 16.5. The molecular weight excluding hydrogens is 296 g/mol. The van der Waals surface area contributed by atoms with Crippen molar-refractivity contribution in [3.05, 3.63) is 48.5 Å². The largest absolute Gasteiger partial charge is 0.486 e. The molecule has 5 nitrogen and oxygen atoms in total. The first-order valence-corrected chi connectivity index (χ1v) is 7.15. The number of carbonyl (C=O) groups is 2. The molecule has 0 heterocycles. The molecule has 0 bridgehead atoms. The number of ketones is 2. The van der Waals surface area contributed by atoms with Crippen molar-refractivity contribution in [3.8, 4) is 23.0 Å². The van der Waals surface area contributed by atoms with Gasteiger partial charge in [0.2, 0.25) is 0 Å². The molecule has 5 heteroatoms. The molecule has 2 aromatic rings. The van der Waals surface area contributed by atoms with Crippen molar-refractivity contribution in [2.45, 2.75) is 13.8 Å². The summed E-state index contributed by atoms with van der Waals surface area (Å²) in [6, 6.07) is 14.0. The van der Waals surface area contributed by atoms with Crippen molar-refractivity contribution in [2.75, 3.05) is 13.2 Å². The minimum atomic E-state index is -0.0302. The van der Waals surface area contributed by atoms with Crippen LogP contribution < -0.4 is 14.2 Å². The van der Waals surface area contributed by atoms with Crippen molar-refractivity contribution in [1.82, 2.24) is 0 Å². The van der Waals surface area contributed by atoms with Crippen molar-refractivity contribution in [2.24, 2.45) is 0 Å². The normalized spacial score (nSPS) is 10.0. The maximum atomic E-state index is 10.9. The van der Waals surface area contributed by atoms with Crippen molar-refractivity contribution in [1.29, 1.82) is 0 Å². The van der Waals surface area contributed by atoms with Gasteiger partial charge in [-0.2, -0.15) is 0 Å². The Bertz CT molecular complexity index is 599. The Hall–Kier alpha value is -2.82. The second-order valence-electron chi connectivity index (χ2n) is 5.03. The summed E-state index contributed by atoms with van der Waals surface area (Å²) < 4.78 is 16.3. The maximum absolute atomic E-state index is 10.9. The minimum Gasteiger partial charge on any atom is -0.486 e. The highest BCUT2D eigenvalue weighted by Crippen LogP contribution is 2.25. The number of ether oxygens (including phenoxy) is 3. The van der Waals surface area contributed by atoms with Gasteiger partial charge in [0, 0.05) is 0 Å². The molecule has 0 spiro atoms. The molecule has 2 rings (SSSR count). The van der Waals surface area contributed by atoms with Crippen molar-refractivity contribution < 1.29 is 23.8 Å². The molecule has 0 amide bonds. The fourth-order valence-electron chi connectivity index (χ4n) is 1.71. The van der Waals surface area contributed by atoms with Crippen LogP contribution in [0.15, 0.2) is 48.5 Å². The van der Waals surface area contributed by atoms with Gasteiger partial charge in [-0.25, -0.2) is 0 Å². The van der Waals surface area contributed by atoms with Gasteiger partial charge in [-0.1, -0.05) is 0 Å². The molecule has 0 atom stereocenters. The predicted molar refractivity (Wildman–Crippen MR) is 85.3 cm³/mol. The molecule has 0 radical (unpaired) electrons. The molecule has 0 saturated carbocycles. The number of hydrogen-bond donors (Lipinski definition) is 0. The van der Waals surface area contributed by atoms with Crippen LogP contribution in [0.3, 0.4) is 0 Å². The third-order valence-electron chi connectivity index (χ3n) is 2.77. The molecule has 0 saturated heterocycles. The second kappa shape index (κ2) is 7.98. The Balaban J connectivity index is 1.91. The van der Waals surface area contributed by atoms with Crippen LogP contribution in [0.4, 0.5) is 0 Å². The van der Waals surface area contributed by atoms with Crippen LogP contribution in [0.1, 0.15) is 13.8 Å². The lowest BCUT2D eigenvalue weighted by atomic mass is 10.3. The van der Waals surface area contributed by atoms with Crippen LogP contribution in [0.25, 0.3) is 0 Å². The number of hydrogen-bond acceptors (Lipinski definition) is 5. The number of benzene rings is 2. The van der Waals surface area contributed by atoms with E-state index in [0.717, 1.165) is 0 Å². The van der Waals surface area contributed by atoms with Crippen LogP contribution in [0.2, 0.25) is 0 Å². The summed E-state index contributed by atoms with van der Waals surface area (Å²) in [5.74, 6) is 2.46. The van der Waals surface area contributed by atoms with E-state index in [1.807, 2.05) is 0 Å². The van der Waals surface area contributed by atoms with E-state index in [1.54, 1.807) is 48.5 Å². The fourth-order valence-corrected chi connectivity index (χ4v) is 1.71. The Morgan fingerprint density at radius 1 is 0.652 bits per heavy atom. The molecule has 0 unspecified atom stereocenters. The summed E-state index contributed by atoms with van der Waals surface area (Å²) in [7, 11) is 0. The lowest BCUT2D eigenvalue weighted by Gasteiger charge is -2.09. The highest BCUT2D eigenvalue weighted by Gasteiger charge is 2.02. The molecule has 23 heavy (non-hydrogen) atoms. The fraction of sp³-hybridized carbons (Fsp3) is 0.222. The summed E-state index contributed by atoms with van der Waals surface area (Å²) in [5, 5.41) is 0. The SMILES string of the molecule is CC(=O)COc1ccc(Oc2ccc(OCC(C)=O)cc2)cc1. The van der Waals surface area contributed by atoms with E-state index in [2.05, 4.69) is 0 Å². The topological polar surface area (TPSA) is 61.8 Å². The van der Waals surface area contributed by atoms with Gasteiger partial charge < -0.3 is 14.2 Å². The van der Waals surface area contributed by atoms with Crippen LogP contribution in [0.5, 0.6) is 23.0 Å². The Labute approximate surface area is 134 Å². The van der Waals surface area contributed by atoms with E-state index in [9.17, 15) is 9.59 Å². The summed E-state index contributed by atoms with van der Waals surface area (Å²) in [6.45, 7) is 3.06. The molecule has 2 aromatic carbocycles. The summed E-state index contributed by atoms with van der Waals surface area (Å²) >= 11 is 0. The average Bonchev–Trinajstić information content (AvgIpc) is 2.53. The van der Waals surface area contributed by atoms with Crippen LogP contribution >= 0.6 is 0 Å². The monoisotopic (exact) mass is 314 g/mol. The lowest BCUT2D eigenvalue weighted by Crippen LogP contribution is -2.06. The quantitative estimate of drug-likeness (QED) is 0.747. The first-order valence-electron chi connectivity index (χ1n) is 7.15. The summed E-state index contributed by atoms with van der Waals surface area (Å²) in [5.41, 5.74) is 0. The van der Waals surface area contributed by atoms with Gasteiger partial charge in [-0.05, 0) is 62.4 Å². The number of rotatable bonds is 8. The Morgan fingerprint density at radius 3 is 1.26 bits per heavy atom. The summed E-state index contributed by atoms with van der Waals surface area (Å²) in [4.78, 5) is 21.7. The lowest BCUT2D eigenvalue weighted by molar-refractivity contribution is -0.119. The number of carbonyl (C=O) groups excluding carboxylic acids is 2. The highest BCUT2D eigenvalue weighted by atomic mass is 16.5. The van der Waals surface area contributed by atoms with E-state index < -0.39 is 0 Å². The van der Waals surface area contributed by atoms with E-state index in [1.165, 1.54) is 13.8 Å². The summed E-state index contributed by atoms with van der Waals surface area (Å²) in [6.07, 6.45) is 0. The van der Waals surface area contributed by atoms with E-state index >= 15 is 0 Å². The van der Waals surface area contributed by atoms with Crippen LogP contribution in [-0.4, -0.2) is 24.8 Å². The van der Waals surface area contributed by atoms with Gasteiger partial charge in [0.05, 0.1) is 0 Å². The van der Waals surface area contributed by atoms with E-state index in [0.29, 0.717) is 23.0 Å². The molecule has 120 valence electrons. The van der Waals surface area contributed by atoms with Gasteiger partial charge in [-0.15, -0.1) is 0 Å². The molecule has 0 fully saturated rings. The minimum absolute atomic E-state index is 0.0302. The van der Waals surface area contributed by atoms with E-state index in [4.69, 9.17) is 14.2 Å². The number of Topliss-reactive ketones (excluding diaryl/α,β-unsaturated/α-hetero) is 2. The van der Waals surface area contributed by atoms with Crippen LogP contribution in [-0.2, 0) is 9.59 Å². The zero-order valence-electron chi connectivity index (χ0n) is 13.1. The zero-order chi connectivity index (χ0) is 16.7. The molecule has 0 aliphatic heterocycles. The van der Waals surface area contributed by atoms with Gasteiger partial charge in [-0.3, -0.25) is 9.59 Å². The molecule has 0 N–H and O–H groups in total. The van der Waals surface area contributed by atoms with Gasteiger partial charge in [0.25, 0.3) is 0 Å². The Morgan fingerprint density at radius 2 is 0.957 bits per heavy atom. The first-order chi connectivity index (χ1) is 11.0. The molecule has 0 aromatic heterocycles. The molecular formula is C18H18O5. The van der Waals surface area contributed by atoms with Crippen molar-refractivity contribution in [3.63, 3.8) is 0 Å². The van der Waals surface area contributed by atoms with Gasteiger partial charge in [0.1, 0.15) is 36.2 Å². The third kappa shape index (κ3) is 5.82. The van der Waals surface area contributed by atoms with Crippen molar-refractivity contribution >= 4 is 11.6 Å². The van der Waals surface area contributed by atoms with E-state index in [-0.39, 0.29) is 24.8 Å². The van der Waals surface area contributed by atoms with Gasteiger partial charge >= 0.3 is 0 Å². The predicted octanol–water partition coefficient (Wildman–Crippen LogP) is 3.41. The average molecular weight is 314 g/mol. The Kier molecular flexibility index (Phi) is 5.74. The second-order valence-corrected chi connectivity index (χ2v) is 5.03. The smallest absolute Gasteiger partial charge is 0.167 e. The highest BCUT2D eigenvalue weighted by molar-refractivity contribution is 5.77. The zero-order valence-corrected chi connectivity index (χ0v) is 13.1. The maximum Gasteiger partial charge on any atom is 0.167 e. The molecule has 0 aliphatic rings. The van der Waals surface area contributed by atoms with Crippen LogP contribution in [0, 0.1) is 0 Å². The standard InChI is InChI=1S/C18H18O5/c1-13(19)11-21-15-3-7-17(8-4-15)23-18-9-5-16(6-10-18)22-12-14(2)20/h3-10H,11-12H2,1-2H3.